The topological polar surface area (TPSA) is 100 Å². The Morgan fingerprint density at radius 3 is 2.55 bits per heavy atom. The fourth-order valence-corrected chi connectivity index (χ4v) is 5.96. The van der Waals surface area contributed by atoms with E-state index < -0.39 is 18.0 Å². The van der Waals surface area contributed by atoms with Gasteiger partial charge in [-0.2, -0.15) is 0 Å². The molecule has 0 unspecified atom stereocenters. The van der Waals surface area contributed by atoms with Crippen molar-refractivity contribution in [3.8, 4) is 11.6 Å². The van der Waals surface area contributed by atoms with Crippen LogP contribution in [0, 0.1) is 5.92 Å². The number of imidazole rings is 1. The third-order valence-electron chi connectivity index (χ3n) is 7.95. The van der Waals surface area contributed by atoms with Gasteiger partial charge < -0.3 is 14.8 Å². The van der Waals surface area contributed by atoms with Crippen molar-refractivity contribution in [2.45, 2.75) is 57.2 Å². The van der Waals surface area contributed by atoms with E-state index in [0.717, 1.165) is 36.5 Å². The van der Waals surface area contributed by atoms with E-state index in [-0.39, 0.29) is 34.3 Å². The number of aromatic nitrogens is 4. The number of nitrogens with zero attached hydrogens (tertiary/aromatic N) is 4. The molecule has 1 aliphatic heterocycles. The van der Waals surface area contributed by atoms with E-state index in [1.165, 1.54) is 6.07 Å². The van der Waals surface area contributed by atoms with E-state index in [9.17, 15) is 18.4 Å². The molecule has 0 spiro atoms. The lowest BCUT2D eigenvalue weighted by Crippen LogP contribution is -2.39. The van der Waals surface area contributed by atoms with Crippen LogP contribution in [0.15, 0.2) is 59.7 Å². The molecule has 2 aliphatic rings. The summed E-state index contributed by atoms with van der Waals surface area (Å²) in [6, 6.07) is 12.3. The van der Waals surface area contributed by atoms with Crippen molar-refractivity contribution in [3.05, 3.63) is 81.6 Å². The first-order chi connectivity index (χ1) is 20.4. The zero-order valence-corrected chi connectivity index (χ0v) is 23.5. The highest BCUT2D eigenvalue weighted by Gasteiger charge is 2.27. The summed E-state index contributed by atoms with van der Waals surface area (Å²) in [5, 5.41) is 2.99. The second-order valence-corrected chi connectivity index (χ2v) is 11.2. The van der Waals surface area contributed by atoms with Crippen LogP contribution >= 0.6 is 11.6 Å². The minimum atomic E-state index is -2.88. The van der Waals surface area contributed by atoms with Gasteiger partial charge in [0, 0.05) is 31.3 Å². The highest BCUT2D eigenvalue weighted by atomic mass is 35.5. The molecule has 1 saturated heterocycles. The SMILES string of the molecule is O=C(N[C@H]1CC[C@H](Cn2c(=O)n(-c3ccc(O[C@@H]4CCOC4)nc3)c3ccccc32)CC1)c1cc(Cl)cnc1C(F)F. The molecule has 220 valence electrons. The van der Waals surface area contributed by atoms with E-state index in [0.29, 0.717) is 44.2 Å². The van der Waals surface area contributed by atoms with Crippen molar-refractivity contribution < 1.29 is 23.0 Å². The Kier molecular flexibility index (Phi) is 8.21. The summed E-state index contributed by atoms with van der Waals surface area (Å²) in [5.74, 6) is 0.0960. The Morgan fingerprint density at radius 1 is 1.07 bits per heavy atom. The van der Waals surface area contributed by atoms with Gasteiger partial charge in [-0.25, -0.2) is 18.6 Å². The van der Waals surface area contributed by atoms with Crippen LogP contribution in [0.1, 0.15) is 54.6 Å². The molecule has 3 aromatic heterocycles. The second-order valence-electron chi connectivity index (χ2n) is 10.8. The van der Waals surface area contributed by atoms with Gasteiger partial charge in [0.25, 0.3) is 12.3 Å². The van der Waals surface area contributed by atoms with Crippen molar-refractivity contribution >= 4 is 28.5 Å². The van der Waals surface area contributed by atoms with Crippen molar-refractivity contribution in [2.75, 3.05) is 13.2 Å². The molecule has 4 heterocycles. The van der Waals surface area contributed by atoms with Crippen molar-refractivity contribution in [2.24, 2.45) is 5.92 Å². The predicted octanol–water partition coefficient (Wildman–Crippen LogP) is 5.33. The minimum Gasteiger partial charge on any atom is -0.472 e. The molecule has 12 heteroatoms. The summed E-state index contributed by atoms with van der Waals surface area (Å²) in [4.78, 5) is 34.6. The molecule has 0 bridgehead atoms. The maximum Gasteiger partial charge on any atom is 0.333 e. The molecular weight excluding hydrogens is 568 g/mol. The number of fused-ring (bicyclic) bond motifs is 1. The maximum atomic E-state index is 13.7. The van der Waals surface area contributed by atoms with Gasteiger partial charge in [-0.1, -0.05) is 23.7 Å². The number of carbonyl (C=O) groups excluding carboxylic acids is 1. The zero-order chi connectivity index (χ0) is 29.2. The van der Waals surface area contributed by atoms with Crippen LogP contribution < -0.4 is 15.7 Å². The van der Waals surface area contributed by atoms with Gasteiger partial charge in [-0.05, 0) is 55.9 Å². The number of hydrogen-bond donors (Lipinski definition) is 1. The quantitative estimate of drug-likeness (QED) is 0.295. The molecule has 4 aromatic rings. The van der Waals surface area contributed by atoms with E-state index >= 15 is 0 Å². The van der Waals surface area contributed by atoms with Gasteiger partial charge >= 0.3 is 5.69 Å². The molecule has 9 nitrogen and oxygen atoms in total. The van der Waals surface area contributed by atoms with Crippen LogP contribution in [0.25, 0.3) is 16.7 Å². The molecule has 1 saturated carbocycles. The summed E-state index contributed by atoms with van der Waals surface area (Å²) in [6.45, 7) is 1.75. The Balaban J connectivity index is 1.14. The van der Waals surface area contributed by atoms with Crippen LogP contribution in [-0.4, -0.2) is 50.4 Å². The molecule has 1 N–H and O–H groups in total. The Hall–Kier alpha value is -3.83. The summed E-state index contributed by atoms with van der Waals surface area (Å²) < 4.78 is 41.4. The summed E-state index contributed by atoms with van der Waals surface area (Å²) >= 11 is 5.91. The number of hydrogen-bond acceptors (Lipinski definition) is 6. The van der Waals surface area contributed by atoms with E-state index in [4.69, 9.17) is 21.1 Å². The Bertz CT molecular complexity index is 1630. The summed E-state index contributed by atoms with van der Waals surface area (Å²) in [7, 11) is 0. The van der Waals surface area contributed by atoms with Gasteiger partial charge in [-0.15, -0.1) is 0 Å². The molecular formula is C30H30ClF2N5O4. The lowest BCUT2D eigenvalue weighted by Gasteiger charge is -2.29. The average Bonchev–Trinajstić information content (AvgIpc) is 3.60. The molecule has 0 radical (unpaired) electrons. The van der Waals surface area contributed by atoms with Crippen LogP contribution in [0.4, 0.5) is 8.78 Å². The van der Waals surface area contributed by atoms with Gasteiger partial charge in [0.05, 0.1) is 46.7 Å². The second kappa shape index (κ2) is 12.2. The van der Waals surface area contributed by atoms with E-state index in [2.05, 4.69) is 15.3 Å². The highest BCUT2D eigenvalue weighted by molar-refractivity contribution is 6.30. The number of pyridine rings is 2. The number of benzene rings is 1. The third kappa shape index (κ3) is 5.89. The fourth-order valence-electron chi connectivity index (χ4n) is 5.80. The smallest absolute Gasteiger partial charge is 0.333 e. The van der Waals surface area contributed by atoms with Crippen LogP contribution in [0.5, 0.6) is 5.88 Å². The number of ether oxygens (including phenoxy) is 2. The first-order valence-electron chi connectivity index (χ1n) is 14.0. The molecule has 2 fully saturated rings. The number of nitrogens with one attached hydrogen (secondary N) is 1. The molecule has 1 amide bonds. The minimum absolute atomic E-state index is 0.0136. The first kappa shape index (κ1) is 28.3. The largest absolute Gasteiger partial charge is 0.472 e. The number of halogens is 3. The van der Waals surface area contributed by atoms with Crippen molar-refractivity contribution in [1.29, 1.82) is 0 Å². The first-order valence-corrected chi connectivity index (χ1v) is 14.4. The van der Waals surface area contributed by atoms with Gasteiger partial charge in [0.1, 0.15) is 11.8 Å². The van der Waals surface area contributed by atoms with Gasteiger partial charge in [0.15, 0.2) is 0 Å². The molecule has 1 aliphatic carbocycles. The standard InChI is InChI=1S/C30H30ClF2N5O4/c31-19-13-23(27(28(32)33)35-14-19)29(39)36-20-7-5-18(6-8-20)16-37-24-3-1-2-4-25(24)38(30(37)40)21-9-10-26(34-15-21)42-22-11-12-41-17-22/h1-4,9-10,13-15,18,20,22,28H,5-8,11-12,16-17H2,(H,36,39)/t18-,20-,22-/m1/s1. The third-order valence-corrected chi connectivity index (χ3v) is 8.16. The average molecular weight is 598 g/mol. The van der Waals surface area contributed by atoms with Crippen LogP contribution in [0.3, 0.4) is 0 Å². The monoisotopic (exact) mass is 597 g/mol. The van der Waals surface area contributed by atoms with Gasteiger partial charge in [0.2, 0.25) is 5.88 Å². The molecule has 6 rings (SSSR count). The lowest BCUT2D eigenvalue weighted by molar-refractivity contribution is 0.0904. The number of carbonyl (C=O) groups is 1. The maximum absolute atomic E-state index is 13.7. The van der Waals surface area contributed by atoms with Crippen molar-refractivity contribution in [1.82, 2.24) is 24.4 Å². The summed E-state index contributed by atoms with van der Waals surface area (Å²) in [6.07, 6.45) is 3.55. The number of para-hydroxylation sites is 2. The zero-order valence-electron chi connectivity index (χ0n) is 22.7. The normalized spacial score (nSPS) is 20.7. The van der Waals surface area contributed by atoms with Crippen molar-refractivity contribution in [3.63, 3.8) is 0 Å². The predicted molar refractivity (Wildman–Crippen MR) is 153 cm³/mol. The molecule has 1 atom stereocenters. The molecule has 1 aromatic carbocycles. The number of alkyl halides is 2. The number of rotatable bonds is 8. The van der Waals surface area contributed by atoms with E-state index in [1.807, 2.05) is 30.3 Å². The number of amides is 1. The molecule has 42 heavy (non-hydrogen) atoms. The Morgan fingerprint density at radius 2 is 1.86 bits per heavy atom. The summed E-state index contributed by atoms with van der Waals surface area (Å²) in [5.41, 5.74) is 1.32. The van der Waals surface area contributed by atoms with Gasteiger partial charge in [-0.3, -0.25) is 18.9 Å². The Labute approximate surface area is 245 Å². The highest BCUT2D eigenvalue weighted by Crippen LogP contribution is 2.29. The van der Waals surface area contributed by atoms with Crippen LogP contribution in [0.2, 0.25) is 5.02 Å². The fraction of sp³-hybridized carbons (Fsp3) is 0.400. The van der Waals surface area contributed by atoms with E-state index in [1.54, 1.807) is 21.4 Å². The lowest BCUT2D eigenvalue weighted by atomic mass is 9.85. The van der Waals surface area contributed by atoms with Crippen LogP contribution in [-0.2, 0) is 11.3 Å².